The molecule has 3 aromatic heterocycles. The van der Waals surface area contributed by atoms with E-state index in [1.807, 2.05) is 0 Å². The van der Waals surface area contributed by atoms with Gasteiger partial charge < -0.3 is 14.6 Å². The molecular formula is C21H19ClN6O4. The van der Waals surface area contributed by atoms with Crippen LogP contribution in [0.25, 0.3) is 28.5 Å². The highest BCUT2D eigenvalue weighted by Gasteiger charge is 2.20. The largest absolute Gasteiger partial charge is 0.376 e. The van der Waals surface area contributed by atoms with E-state index in [1.54, 1.807) is 42.6 Å². The van der Waals surface area contributed by atoms with Gasteiger partial charge in [-0.1, -0.05) is 16.8 Å². The highest BCUT2D eigenvalue weighted by molar-refractivity contribution is 6.30. The molecule has 1 aromatic carbocycles. The molecule has 1 saturated heterocycles. The van der Waals surface area contributed by atoms with Crippen molar-refractivity contribution in [3.8, 4) is 22.8 Å². The molecule has 1 aliphatic heterocycles. The molecule has 5 rings (SSSR count). The number of fused-ring (bicyclic) bond motifs is 1. The summed E-state index contributed by atoms with van der Waals surface area (Å²) in [5, 5.41) is 11.7. The summed E-state index contributed by atoms with van der Waals surface area (Å²) >= 11 is 5.93. The van der Waals surface area contributed by atoms with Gasteiger partial charge in [0, 0.05) is 29.9 Å². The zero-order valence-corrected chi connectivity index (χ0v) is 17.7. The molecule has 1 atom stereocenters. The van der Waals surface area contributed by atoms with Crippen molar-refractivity contribution in [3.63, 3.8) is 0 Å². The fourth-order valence-electron chi connectivity index (χ4n) is 3.58. The molecule has 0 aliphatic carbocycles. The van der Waals surface area contributed by atoms with Crippen molar-refractivity contribution in [1.82, 2.24) is 29.6 Å². The minimum atomic E-state index is -0.438. The molecule has 0 radical (unpaired) electrons. The van der Waals surface area contributed by atoms with Gasteiger partial charge in [-0.25, -0.2) is 13.9 Å². The Labute approximate surface area is 186 Å². The van der Waals surface area contributed by atoms with Crippen LogP contribution in [0, 0.1) is 0 Å². The maximum absolute atomic E-state index is 12.7. The number of benzene rings is 1. The highest BCUT2D eigenvalue weighted by atomic mass is 35.5. The minimum absolute atomic E-state index is 0.0238. The fraction of sp³-hybridized carbons (Fsp3) is 0.286. The zero-order chi connectivity index (χ0) is 22.1. The summed E-state index contributed by atoms with van der Waals surface area (Å²) in [6.45, 7) is 0.929. The number of halogens is 1. The van der Waals surface area contributed by atoms with E-state index in [0.717, 1.165) is 23.1 Å². The van der Waals surface area contributed by atoms with Crippen LogP contribution in [0.5, 0.6) is 0 Å². The number of carbonyl (C=O) groups excluding carboxylic acids is 1. The van der Waals surface area contributed by atoms with Gasteiger partial charge in [-0.05, 0) is 49.2 Å². The van der Waals surface area contributed by atoms with Crippen molar-refractivity contribution in [2.45, 2.75) is 25.5 Å². The molecule has 1 N–H and O–H groups in total. The molecule has 32 heavy (non-hydrogen) atoms. The number of amides is 1. The molecule has 0 spiro atoms. The molecule has 4 heterocycles. The van der Waals surface area contributed by atoms with Crippen LogP contribution in [0.2, 0.25) is 5.02 Å². The Morgan fingerprint density at radius 2 is 2.09 bits per heavy atom. The molecule has 164 valence electrons. The van der Waals surface area contributed by atoms with E-state index in [9.17, 15) is 9.59 Å². The van der Waals surface area contributed by atoms with Crippen LogP contribution in [-0.2, 0) is 16.1 Å². The van der Waals surface area contributed by atoms with Gasteiger partial charge in [0.2, 0.25) is 11.7 Å². The van der Waals surface area contributed by atoms with Crippen LogP contribution in [0.4, 0.5) is 0 Å². The van der Waals surface area contributed by atoms with Crippen molar-refractivity contribution in [2.24, 2.45) is 0 Å². The third-order valence-corrected chi connectivity index (χ3v) is 5.46. The summed E-state index contributed by atoms with van der Waals surface area (Å²) in [7, 11) is 0. The van der Waals surface area contributed by atoms with E-state index in [2.05, 4.69) is 20.6 Å². The molecule has 4 aromatic rings. The second kappa shape index (κ2) is 8.56. The van der Waals surface area contributed by atoms with Crippen molar-refractivity contribution >= 4 is 23.2 Å². The SMILES string of the molecule is O=C(Cn1nc2c(-c3nc(-c4ccc(Cl)cc4)no3)cccn2c1=O)NCC1CCCO1. The third kappa shape index (κ3) is 4.02. The van der Waals surface area contributed by atoms with E-state index in [1.165, 1.54) is 4.40 Å². The third-order valence-electron chi connectivity index (χ3n) is 5.21. The Balaban J connectivity index is 1.40. The summed E-state index contributed by atoms with van der Waals surface area (Å²) in [4.78, 5) is 29.5. The zero-order valence-electron chi connectivity index (χ0n) is 16.9. The Morgan fingerprint density at radius 3 is 2.88 bits per heavy atom. The monoisotopic (exact) mass is 454 g/mol. The maximum atomic E-state index is 12.7. The van der Waals surface area contributed by atoms with Crippen LogP contribution >= 0.6 is 11.6 Å². The lowest BCUT2D eigenvalue weighted by Gasteiger charge is -2.10. The number of pyridine rings is 1. The number of carbonyl (C=O) groups is 1. The first-order valence-corrected chi connectivity index (χ1v) is 10.5. The first kappa shape index (κ1) is 20.4. The summed E-state index contributed by atoms with van der Waals surface area (Å²) in [6, 6.07) is 10.4. The number of hydrogen-bond donors (Lipinski definition) is 1. The number of ether oxygens (including phenoxy) is 1. The molecule has 1 unspecified atom stereocenters. The van der Waals surface area contributed by atoms with Gasteiger partial charge >= 0.3 is 5.69 Å². The fourth-order valence-corrected chi connectivity index (χ4v) is 3.71. The number of nitrogens with zero attached hydrogens (tertiary/aromatic N) is 5. The van der Waals surface area contributed by atoms with Crippen molar-refractivity contribution < 1.29 is 14.1 Å². The second-order valence-electron chi connectivity index (χ2n) is 7.42. The molecule has 1 aliphatic rings. The van der Waals surface area contributed by atoms with Gasteiger partial charge in [-0.2, -0.15) is 4.98 Å². The molecule has 1 amide bonds. The predicted molar refractivity (Wildman–Crippen MR) is 115 cm³/mol. The Kier molecular flexibility index (Phi) is 5.46. The average Bonchev–Trinajstić information content (AvgIpc) is 3.55. The van der Waals surface area contributed by atoms with Crippen LogP contribution in [0.3, 0.4) is 0 Å². The van der Waals surface area contributed by atoms with Gasteiger partial charge in [-0.15, -0.1) is 5.10 Å². The lowest BCUT2D eigenvalue weighted by atomic mass is 10.2. The van der Waals surface area contributed by atoms with Crippen molar-refractivity contribution in [3.05, 3.63) is 58.1 Å². The quantitative estimate of drug-likeness (QED) is 0.474. The van der Waals surface area contributed by atoms with Crippen LogP contribution in [0.15, 0.2) is 51.9 Å². The number of rotatable bonds is 6. The van der Waals surface area contributed by atoms with Crippen LogP contribution in [0.1, 0.15) is 12.8 Å². The summed E-state index contributed by atoms with van der Waals surface area (Å²) in [6.07, 6.45) is 3.51. The molecule has 11 heteroatoms. The van der Waals surface area contributed by atoms with Crippen LogP contribution < -0.4 is 11.0 Å². The summed E-state index contributed by atoms with van der Waals surface area (Å²) in [5.41, 5.74) is 1.10. The number of nitrogens with one attached hydrogen (secondary N) is 1. The van der Waals surface area contributed by atoms with Gasteiger partial charge in [0.1, 0.15) is 6.54 Å². The van der Waals surface area contributed by atoms with Crippen molar-refractivity contribution in [1.29, 1.82) is 0 Å². The smallest absolute Gasteiger partial charge is 0.350 e. The second-order valence-corrected chi connectivity index (χ2v) is 7.86. The summed E-state index contributed by atoms with van der Waals surface area (Å²) < 4.78 is 13.4. The molecule has 0 bridgehead atoms. The molecule has 1 fully saturated rings. The average molecular weight is 455 g/mol. The van der Waals surface area contributed by atoms with Gasteiger partial charge in [-0.3, -0.25) is 4.79 Å². The van der Waals surface area contributed by atoms with Gasteiger partial charge in [0.05, 0.1) is 11.7 Å². The van der Waals surface area contributed by atoms with E-state index in [0.29, 0.717) is 35.2 Å². The number of hydrogen-bond acceptors (Lipinski definition) is 7. The van der Waals surface area contributed by atoms with Gasteiger partial charge in [0.15, 0.2) is 5.65 Å². The van der Waals surface area contributed by atoms with E-state index in [4.69, 9.17) is 20.9 Å². The maximum Gasteiger partial charge on any atom is 0.350 e. The molecule has 0 saturated carbocycles. The van der Waals surface area contributed by atoms with E-state index in [-0.39, 0.29) is 24.4 Å². The Hall–Kier alpha value is -3.50. The molecular weight excluding hydrogens is 436 g/mol. The Bertz CT molecular complexity index is 1320. The normalized spacial score (nSPS) is 16.0. The summed E-state index contributed by atoms with van der Waals surface area (Å²) in [5.74, 6) is 0.282. The first-order chi connectivity index (χ1) is 15.6. The Morgan fingerprint density at radius 1 is 1.25 bits per heavy atom. The van der Waals surface area contributed by atoms with Gasteiger partial charge in [0.25, 0.3) is 5.89 Å². The van der Waals surface area contributed by atoms with Crippen molar-refractivity contribution in [2.75, 3.05) is 13.2 Å². The predicted octanol–water partition coefficient (Wildman–Crippen LogP) is 2.16. The van der Waals surface area contributed by atoms with Crippen LogP contribution in [-0.4, -0.2) is 49.5 Å². The van der Waals surface area contributed by atoms with E-state index < -0.39 is 5.69 Å². The first-order valence-electron chi connectivity index (χ1n) is 10.1. The lowest BCUT2D eigenvalue weighted by molar-refractivity contribution is -0.122. The number of aromatic nitrogens is 5. The lowest BCUT2D eigenvalue weighted by Crippen LogP contribution is -2.36. The topological polar surface area (TPSA) is 117 Å². The molecule has 10 nitrogen and oxygen atoms in total. The highest BCUT2D eigenvalue weighted by Crippen LogP contribution is 2.25. The minimum Gasteiger partial charge on any atom is -0.376 e. The van der Waals surface area contributed by atoms with E-state index >= 15 is 0 Å². The standard InChI is InChI=1S/C21H19ClN6O4/c22-14-7-5-13(6-8-14)18-24-20(32-26-18)16-4-1-9-27-19(16)25-28(21(27)30)12-17(29)23-11-15-3-2-10-31-15/h1,4-9,15H,2-3,10-12H2,(H,23,29).